The van der Waals surface area contributed by atoms with Crippen molar-refractivity contribution in [1.82, 2.24) is 0 Å². The van der Waals surface area contributed by atoms with Crippen molar-refractivity contribution in [1.29, 1.82) is 0 Å². The van der Waals surface area contributed by atoms with Crippen LogP contribution in [0.15, 0.2) is 24.3 Å². The lowest BCUT2D eigenvalue weighted by molar-refractivity contribution is -0.0976. The zero-order valence-electron chi connectivity index (χ0n) is 18.9. The highest BCUT2D eigenvalue weighted by Crippen LogP contribution is 2.64. The predicted octanol–water partition coefficient (Wildman–Crippen LogP) is 5.90. The van der Waals surface area contributed by atoms with Gasteiger partial charge in [0.15, 0.2) is 5.78 Å². The summed E-state index contributed by atoms with van der Waals surface area (Å²) in [5.41, 5.74) is 0.564. The number of rotatable bonds is 3. The van der Waals surface area contributed by atoms with Gasteiger partial charge >= 0.3 is 0 Å². The van der Waals surface area contributed by atoms with Gasteiger partial charge in [0, 0.05) is 11.5 Å². The number of benzene rings is 1. The normalized spacial score (nSPS) is 45.2. The van der Waals surface area contributed by atoms with Crippen LogP contribution in [0.25, 0.3) is 0 Å². The minimum atomic E-state index is -0.444. The van der Waals surface area contributed by atoms with Gasteiger partial charge in [0.2, 0.25) is 0 Å². The summed E-state index contributed by atoms with van der Waals surface area (Å²) in [6.07, 6.45) is 10.5. The number of hydrogen-bond donors (Lipinski definition) is 1. The van der Waals surface area contributed by atoms with Crippen LogP contribution in [-0.2, 0) is 0 Å². The number of ether oxygens (including phenoxy) is 1. The van der Waals surface area contributed by atoms with Gasteiger partial charge in [-0.25, -0.2) is 0 Å². The maximum atomic E-state index is 13.5. The van der Waals surface area contributed by atoms with E-state index in [1.807, 2.05) is 31.2 Å². The number of carbonyl (C=O) groups excluding carboxylic acids is 1. The molecule has 1 N–H and O–H groups in total. The quantitative estimate of drug-likeness (QED) is 0.631. The van der Waals surface area contributed by atoms with Crippen molar-refractivity contribution in [2.75, 3.05) is 7.11 Å². The van der Waals surface area contributed by atoms with Crippen molar-refractivity contribution in [2.24, 2.45) is 40.9 Å². The Balaban J connectivity index is 1.34. The van der Waals surface area contributed by atoms with Crippen LogP contribution in [0.1, 0.15) is 82.0 Å². The summed E-state index contributed by atoms with van der Waals surface area (Å²) in [7, 11) is 1.67. The third kappa shape index (κ3) is 3.23. The Bertz CT molecular complexity index is 797. The molecule has 0 saturated heterocycles. The van der Waals surface area contributed by atoms with Crippen molar-refractivity contribution >= 4 is 5.78 Å². The first-order valence-corrected chi connectivity index (χ1v) is 12.2. The molecule has 4 aliphatic carbocycles. The van der Waals surface area contributed by atoms with Gasteiger partial charge in [0.1, 0.15) is 5.75 Å². The second-order valence-corrected chi connectivity index (χ2v) is 11.4. The molecule has 3 heteroatoms. The van der Waals surface area contributed by atoms with E-state index in [4.69, 9.17) is 4.74 Å². The summed E-state index contributed by atoms with van der Waals surface area (Å²) in [5.74, 6) is 5.18. The standard InChI is InChI=1S/C27H38O3/c1-26(29)14-12-20-18(16-26)6-9-22-21(20)13-15-27(2)23(22)10-11-24(27)25(28)17-4-7-19(30-3)8-5-17/h4-5,7-8,18,20-24,29H,6,9-16H2,1-3H3/t18-,20+,21-,22-,23+,24-,26-,27+/m1/s1. The summed E-state index contributed by atoms with van der Waals surface area (Å²) >= 11 is 0. The fraction of sp³-hybridized carbons (Fsp3) is 0.741. The predicted molar refractivity (Wildman–Crippen MR) is 119 cm³/mol. The smallest absolute Gasteiger partial charge is 0.166 e. The van der Waals surface area contributed by atoms with Gasteiger partial charge < -0.3 is 9.84 Å². The number of Topliss-reactive ketones (excluding diaryl/α,β-unsaturated/α-hetero) is 1. The third-order valence-electron chi connectivity index (χ3n) is 9.93. The zero-order valence-corrected chi connectivity index (χ0v) is 18.9. The van der Waals surface area contributed by atoms with E-state index in [-0.39, 0.29) is 11.3 Å². The van der Waals surface area contributed by atoms with Gasteiger partial charge in [-0.2, -0.15) is 0 Å². The molecule has 1 aromatic carbocycles. The summed E-state index contributed by atoms with van der Waals surface area (Å²) < 4.78 is 5.27. The molecule has 0 heterocycles. The van der Waals surface area contributed by atoms with Gasteiger partial charge in [-0.15, -0.1) is 0 Å². The van der Waals surface area contributed by atoms with E-state index in [0.29, 0.717) is 11.7 Å². The van der Waals surface area contributed by atoms with Gasteiger partial charge in [-0.3, -0.25) is 4.79 Å². The molecule has 4 fully saturated rings. The van der Waals surface area contributed by atoms with Crippen molar-refractivity contribution in [2.45, 2.75) is 77.2 Å². The lowest BCUT2D eigenvalue weighted by Crippen LogP contribution is -2.51. The van der Waals surface area contributed by atoms with Crippen LogP contribution in [0.2, 0.25) is 0 Å². The monoisotopic (exact) mass is 410 g/mol. The van der Waals surface area contributed by atoms with Crippen LogP contribution >= 0.6 is 0 Å². The highest BCUT2D eigenvalue weighted by Gasteiger charge is 2.58. The lowest BCUT2D eigenvalue weighted by Gasteiger charge is -2.56. The first kappa shape index (κ1) is 20.5. The first-order chi connectivity index (χ1) is 14.3. The Morgan fingerprint density at radius 2 is 1.67 bits per heavy atom. The Kier molecular flexibility index (Phi) is 5.04. The van der Waals surface area contributed by atoms with E-state index < -0.39 is 5.60 Å². The Hall–Kier alpha value is -1.35. The largest absolute Gasteiger partial charge is 0.497 e. The van der Waals surface area contributed by atoms with E-state index in [9.17, 15) is 9.90 Å². The molecule has 30 heavy (non-hydrogen) atoms. The van der Waals surface area contributed by atoms with E-state index in [0.717, 1.165) is 54.2 Å². The Labute approximate surface area is 181 Å². The summed E-state index contributed by atoms with van der Waals surface area (Å²) in [4.78, 5) is 13.5. The molecule has 0 radical (unpaired) electrons. The summed E-state index contributed by atoms with van der Waals surface area (Å²) in [5, 5.41) is 10.6. The van der Waals surface area contributed by atoms with Crippen LogP contribution in [0.5, 0.6) is 5.75 Å². The molecule has 164 valence electrons. The molecule has 0 aromatic heterocycles. The van der Waals surface area contributed by atoms with E-state index in [1.54, 1.807) is 7.11 Å². The topological polar surface area (TPSA) is 46.5 Å². The van der Waals surface area contributed by atoms with Gasteiger partial charge in [-0.1, -0.05) is 6.92 Å². The van der Waals surface area contributed by atoms with Gasteiger partial charge in [0.25, 0.3) is 0 Å². The average molecular weight is 411 g/mol. The fourth-order valence-corrected chi connectivity index (χ4v) is 8.47. The van der Waals surface area contributed by atoms with Crippen molar-refractivity contribution < 1.29 is 14.6 Å². The molecule has 0 aliphatic heterocycles. The van der Waals surface area contributed by atoms with Crippen LogP contribution < -0.4 is 4.74 Å². The van der Waals surface area contributed by atoms with Crippen LogP contribution in [0.4, 0.5) is 0 Å². The maximum Gasteiger partial charge on any atom is 0.166 e. The molecular formula is C27H38O3. The summed E-state index contributed by atoms with van der Waals surface area (Å²) in [6, 6.07) is 7.72. The second kappa shape index (κ2) is 7.36. The third-order valence-corrected chi connectivity index (χ3v) is 9.93. The summed E-state index contributed by atoms with van der Waals surface area (Å²) in [6.45, 7) is 4.48. The number of ketones is 1. The molecule has 4 saturated carbocycles. The van der Waals surface area contributed by atoms with Crippen molar-refractivity contribution in [3.05, 3.63) is 29.8 Å². The molecular weight excluding hydrogens is 372 g/mol. The molecule has 4 aliphatic rings. The minimum Gasteiger partial charge on any atom is -0.497 e. The number of carbonyl (C=O) groups is 1. The SMILES string of the molecule is COc1ccc(C(=O)[C@H]2CC[C@H]3[C@@H]4CC[C@@H]5C[C@](C)(O)CC[C@@H]5[C@H]4CC[C@]23C)cc1. The molecule has 3 nitrogen and oxygen atoms in total. The van der Waals surface area contributed by atoms with E-state index in [2.05, 4.69) is 6.92 Å². The number of fused-ring (bicyclic) bond motifs is 5. The zero-order chi connectivity index (χ0) is 21.1. The van der Waals surface area contributed by atoms with Gasteiger partial charge in [-0.05, 0) is 124 Å². The minimum absolute atomic E-state index is 0.158. The molecule has 1 aromatic rings. The number of hydrogen-bond acceptors (Lipinski definition) is 3. The number of methoxy groups -OCH3 is 1. The molecule has 0 spiro atoms. The van der Waals surface area contributed by atoms with Crippen LogP contribution in [-0.4, -0.2) is 23.6 Å². The lowest BCUT2D eigenvalue weighted by atomic mass is 9.49. The highest BCUT2D eigenvalue weighted by molar-refractivity contribution is 5.98. The molecule has 8 atom stereocenters. The maximum absolute atomic E-state index is 13.5. The Morgan fingerprint density at radius 1 is 0.933 bits per heavy atom. The first-order valence-electron chi connectivity index (χ1n) is 12.2. The van der Waals surface area contributed by atoms with Crippen LogP contribution in [0.3, 0.4) is 0 Å². The van der Waals surface area contributed by atoms with E-state index >= 15 is 0 Å². The fourth-order valence-electron chi connectivity index (χ4n) is 8.47. The van der Waals surface area contributed by atoms with Gasteiger partial charge in [0.05, 0.1) is 12.7 Å². The average Bonchev–Trinajstić information content (AvgIpc) is 3.09. The highest BCUT2D eigenvalue weighted by atomic mass is 16.5. The molecule has 0 amide bonds. The molecule has 0 bridgehead atoms. The second-order valence-electron chi connectivity index (χ2n) is 11.4. The number of aliphatic hydroxyl groups is 1. The molecule has 5 rings (SSSR count). The van der Waals surface area contributed by atoms with Crippen molar-refractivity contribution in [3.63, 3.8) is 0 Å². The van der Waals surface area contributed by atoms with Crippen molar-refractivity contribution in [3.8, 4) is 5.75 Å². The molecule has 0 unspecified atom stereocenters. The Morgan fingerprint density at radius 3 is 2.40 bits per heavy atom. The van der Waals surface area contributed by atoms with E-state index in [1.165, 1.54) is 38.5 Å². The van der Waals surface area contributed by atoms with Crippen LogP contribution in [0, 0.1) is 40.9 Å².